The van der Waals surface area contributed by atoms with Crippen LogP contribution in [0.25, 0.3) is 0 Å². The van der Waals surface area contributed by atoms with Crippen molar-refractivity contribution in [2.45, 2.75) is 44.8 Å². The molecule has 176 valence electrons. The molecule has 0 unspecified atom stereocenters. The smallest absolute Gasteiger partial charge is 0.272 e. The second-order valence-electron chi connectivity index (χ2n) is 8.89. The SMILES string of the molecule is Cc1cc(NC2CCC(OCC(=S)N3CCN(c4ccccc4)CC3)CC2)ccc1[N+](=O)[O-]. The number of aryl methyl sites for hydroxylation is 1. The molecule has 1 saturated heterocycles. The van der Waals surface area contributed by atoms with Crippen LogP contribution >= 0.6 is 12.2 Å². The molecule has 1 heterocycles. The van der Waals surface area contributed by atoms with E-state index in [9.17, 15) is 10.1 Å². The van der Waals surface area contributed by atoms with Gasteiger partial charge in [0, 0.05) is 55.2 Å². The van der Waals surface area contributed by atoms with Crippen molar-refractivity contribution in [2.24, 2.45) is 0 Å². The van der Waals surface area contributed by atoms with Gasteiger partial charge in [-0.1, -0.05) is 30.4 Å². The van der Waals surface area contributed by atoms with Crippen molar-refractivity contribution >= 4 is 34.3 Å². The number of hydrogen-bond donors (Lipinski definition) is 1. The summed E-state index contributed by atoms with van der Waals surface area (Å²) in [7, 11) is 0. The zero-order valence-corrected chi connectivity index (χ0v) is 19.9. The summed E-state index contributed by atoms with van der Waals surface area (Å²) in [5.41, 5.74) is 3.06. The molecule has 0 aromatic heterocycles. The Balaban J connectivity index is 1.16. The molecular formula is C25H32N4O3S. The van der Waals surface area contributed by atoms with Crippen molar-refractivity contribution in [3.8, 4) is 0 Å². The third kappa shape index (κ3) is 6.21. The Morgan fingerprint density at radius 2 is 1.79 bits per heavy atom. The molecule has 4 rings (SSSR count). The van der Waals surface area contributed by atoms with Gasteiger partial charge in [-0.05, 0) is 56.9 Å². The predicted octanol–water partition coefficient (Wildman–Crippen LogP) is 4.79. The highest BCUT2D eigenvalue weighted by Gasteiger charge is 2.24. The predicted molar refractivity (Wildman–Crippen MR) is 136 cm³/mol. The molecule has 2 aliphatic rings. The van der Waals surface area contributed by atoms with Gasteiger partial charge in [-0.25, -0.2) is 0 Å². The zero-order chi connectivity index (χ0) is 23.2. The van der Waals surface area contributed by atoms with Gasteiger partial charge in [-0.2, -0.15) is 0 Å². The second-order valence-corrected chi connectivity index (χ2v) is 9.36. The summed E-state index contributed by atoms with van der Waals surface area (Å²) in [6.45, 7) is 6.11. The minimum absolute atomic E-state index is 0.162. The molecule has 0 spiro atoms. The van der Waals surface area contributed by atoms with Gasteiger partial charge in [0.25, 0.3) is 5.69 Å². The number of hydrogen-bond acceptors (Lipinski definition) is 6. The van der Waals surface area contributed by atoms with Crippen LogP contribution in [0.2, 0.25) is 0 Å². The Hall–Kier alpha value is -2.71. The van der Waals surface area contributed by atoms with Crippen LogP contribution in [-0.4, -0.2) is 59.7 Å². The molecule has 0 bridgehead atoms. The highest BCUT2D eigenvalue weighted by molar-refractivity contribution is 7.80. The highest BCUT2D eigenvalue weighted by atomic mass is 32.1. The van der Waals surface area contributed by atoms with Crippen molar-refractivity contribution < 1.29 is 9.66 Å². The summed E-state index contributed by atoms with van der Waals surface area (Å²) in [6.07, 6.45) is 4.26. The first-order valence-electron chi connectivity index (χ1n) is 11.7. The lowest BCUT2D eigenvalue weighted by Gasteiger charge is -2.38. The number of nitrogens with zero attached hydrogens (tertiary/aromatic N) is 3. The number of thiocarbonyl (C=S) groups is 1. The Labute approximate surface area is 200 Å². The molecule has 1 aliphatic heterocycles. The van der Waals surface area contributed by atoms with Crippen molar-refractivity contribution in [1.29, 1.82) is 0 Å². The molecular weight excluding hydrogens is 436 g/mol. The number of anilines is 2. The fourth-order valence-corrected chi connectivity index (χ4v) is 4.94. The third-order valence-electron chi connectivity index (χ3n) is 6.63. The van der Waals surface area contributed by atoms with Gasteiger partial charge < -0.3 is 19.9 Å². The molecule has 1 N–H and O–H groups in total. The van der Waals surface area contributed by atoms with Crippen molar-refractivity contribution in [1.82, 2.24) is 4.90 Å². The highest BCUT2D eigenvalue weighted by Crippen LogP contribution is 2.27. The normalized spacial score (nSPS) is 21.0. The van der Waals surface area contributed by atoms with E-state index in [-0.39, 0.29) is 16.7 Å². The van der Waals surface area contributed by atoms with Gasteiger partial charge in [0.1, 0.15) is 4.99 Å². The van der Waals surface area contributed by atoms with E-state index >= 15 is 0 Å². The summed E-state index contributed by atoms with van der Waals surface area (Å²) < 4.78 is 6.17. The summed E-state index contributed by atoms with van der Waals surface area (Å²) in [6, 6.07) is 16.1. The van der Waals surface area contributed by atoms with Crippen molar-refractivity contribution in [3.05, 3.63) is 64.2 Å². The number of piperazine rings is 1. The lowest BCUT2D eigenvalue weighted by Crippen LogP contribution is -2.49. The van der Waals surface area contributed by atoms with Gasteiger partial charge >= 0.3 is 0 Å². The molecule has 0 amide bonds. The first-order valence-corrected chi connectivity index (χ1v) is 12.1. The average molecular weight is 469 g/mol. The largest absolute Gasteiger partial charge is 0.382 e. The number of nitro benzene ring substituents is 1. The molecule has 0 radical (unpaired) electrons. The van der Waals surface area contributed by atoms with E-state index in [1.165, 1.54) is 5.69 Å². The van der Waals surface area contributed by atoms with Crippen LogP contribution in [0.4, 0.5) is 17.1 Å². The molecule has 33 heavy (non-hydrogen) atoms. The van der Waals surface area contributed by atoms with E-state index in [4.69, 9.17) is 17.0 Å². The first kappa shape index (κ1) is 23.4. The summed E-state index contributed by atoms with van der Waals surface area (Å²) in [5, 5.41) is 14.5. The molecule has 1 saturated carbocycles. The maximum absolute atomic E-state index is 11.0. The van der Waals surface area contributed by atoms with Gasteiger partial charge in [-0.3, -0.25) is 10.1 Å². The van der Waals surface area contributed by atoms with Crippen LogP contribution in [0.5, 0.6) is 0 Å². The molecule has 7 nitrogen and oxygen atoms in total. The minimum Gasteiger partial charge on any atom is -0.382 e. The van der Waals surface area contributed by atoms with Gasteiger partial charge in [0.2, 0.25) is 0 Å². The van der Waals surface area contributed by atoms with Crippen LogP contribution in [0.1, 0.15) is 31.2 Å². The monoisotopic (exact) mass is 468 g/mol. The quantitative estimate of drug-likeness (QED) is 0.356. The van der Waals surface area contributed by atoms with E-state index < -0.39 is 0 Å². The molecule has 2 aromatic rings. The lowest BCUT2D eigenvalue weighted by atomic mass is 9.92. The third-order valence-corrected chi connectivity index (χ3v) is 7.01. The zero-order valence-electron chi connectivity index (χ0n) is 19.1. The number of benzene rings is 2. The van der Waals surface area contributed by atoms with Crippen LogP contribution < -0.4 is 10.2 Å². The lowest BCUT2D eigenvalue weighted by molar-refractivity contribution is -0.385. The number of nitrogens with one attached hydrogen (secondary N) is 1. The van der Waals surface area contributed by atoms with E-state index in [2.05, 4.69) is 39.4 Å². The summed E-state index contributed by atoms with van der Waals surface area (Å²) in [4.78, 5) is 16.2. The number of para-hydroxylation sites is 1. The molecule has 2 aromatic carbocycles. The topological polar surface area (TPSA) is 70.9 Å². The Bertz CT molecular complexity index is 955. The van der Waals surface area contributed by atoms with Gasteiger partial charge in [-0.15, -0.1) is 0 Å². The second kappa shape index (κ2) is 10.9. The van der Waals surface area contributed by atoms with Gasteiger partial charge in [0.15, 0.2) is 0 Å². The molecule has 8 heteroatoms. The fourth-order valence-electron chi connectivity index (χ4n) is 4.69. The van der Waals surface area contributed by atoms with Crippen LogP contribution in [0, 0.1) is 17.0 Å². The Kier molecular flexibility index (Phi) is 7.77. The number of rotatable bonds is 7. The molecule has 1 aliphatic carbocycles. The van der Waals surface area contributed by atoms with Crippen LogP contribution in [-0.2, 0) is 4.74 Å². The summed E-state index contributed by atoms with van der Waals surface area (Å²) >= 11 is 5.67. The van der Waals surface area contributed by atoms with E-state index in [1.54, 1.807) is 19.1 Å². The standard InChI is InChI=1S/C25H32N4O3S/c1-19-17-21(9-12-24(19)29(30)31)26-20-7-10-23(11-8-20)32-18-25(33)28-15-13-27(14-16-28)22-5-3-2-4-6-22/h2-6,9,12,17,20,23,26H,7-8,10-11,13-16,18H2,1H3. The maximum atomic E-state index is 11.0. The van der Waals surface area contributed by atoms with Crippen molar-refractivity contribution in [3.63, 3.8) is 0 Å². The fraction of sp³-hybridized carbons (Fsp3) is 0.480. The van der Waals surface area contributed by atoms with Crippen LogP contribution in [0.3, 0.4) is 0 Å². The molecule has 2 fully saturated rings. The minimum atomic E-state index is -0.338. The summed E-state index contributed by atoms with van der Waals surface area (Å²) in [5.74, 6) is 0. The van der Waals surface area contributed by atoms with Crippen molar-refractivity contribution in [2.75, 3.05) is 43.0 Å². The Morgan fingerprint density at radius 1 is 1.09 bits per heavy atom. The molecule has 0 atom stereocenters. The first-order chi connectivity index (χ1) is 16.0. The number of ether oxygens (including phenoxy) is 1. The average Bonchev–Trinajstić information content (AvgIpc) is 2.84. The number of nitro groups is 1. The Morgan fingerprint density at radius 3 is 2.42 bits per heavy atom. The van der Waals surface area contributed by atoms with E-state index in [0.29, 0.717) is 18.2 Å². The van der Waals surface area contributed by atoms with E-state index in [1.807, 2.05) is 12.1 Å². The van der Waals surface area contributed by atoms with Crippen LogP contribution in [0.15, 0.2) is 48.5 Å². The van der Waals surface area contributed by atoms with E-state index in [0.717, 1.165) is 62.5 Å². The van der Waals surface area contributed by atoms with Gasteiger partial charge in [0.05, 0.1) is 17.6 Å². The maximum Gasteiger partial charge on any atom is 0.272 e.